The van der Waals surface area contributed by atoms with Crippen LogP contribution in [0.4, 0.5) is 0 Å². The van der Waals surface area contributed by atoms with Crippen LogP contribution in [0.3, 0.4) is 0 Å². The van der Waals surface area contributed by atoms with E-state index in [1.54, 1.807) is 0 Å². The van der Waals surface area contributed by atoms with E-state index >= 15 is 0 Å². The second-order valence-corrected chi connectivity index (χ2v) is 6.10. The molecule has 2 N–H and O–H groups in total. The van der Waals surface area contributed by atoms with Gasteiger partial charge in [-0.1, -0.05) is 13.3 Å². The number of carbonyl (C=O) groups is 1. The fourth-order valence-corrected chi connectivity index (χ4v) is 2.44. The molecule has 0 aromatic carbocycles. The van der Waals surface area contributed by atoms with E-state index in [9.17, 15) is 9.90 Å². The smallest absolute Gasteiger partial charge is 0.323 e. The minimum Gasteiger partial charge on any atom is -0.480 e. The topological polar surface area (TPSA) is 49.3 Å². The second-order valence-electron chi connectivity index (χ2n) is 4.71. The fourth-order valence-electron chi connectivity index (χ4n) is 1.75. The van der Waals surface area contributed by atoms with E-state index in [1.165, 1.54) is 0 Å². The third-order valence-electron chi connectivity index (χ3n) is 2.99. The zero-order chi connectivity index (χ0) is 12.0. The van der Waals surface area contributed by atoms with Crippen LogP contribution in [0.25, 0.3) is 0 Å². The minimum absolute atomic E-state index is 0.450. The van der Waals surface area contributed by atoms with Gasteiger partial charge in [-0.05, 0) is 44.1 Å². The van der Waals surface area contributed by atoms with Gasteiger partial charge in [-0.15, -0.1) is 0 Å². The Morgan fingerprint density at radius 1 is 1.50 bits per heavy atom. The first-order chi connectivity index (χ1) is 7.58. The predicted octanol–water partition coefficient (Wildman–Crippen LogP) is 2.51. The van der Waals surface area contributed by atoms with Crippen LogP contribution in [-0.2, 0) is 4.79 Å². The summed E-state index contributed by atoms with van der Waals surface area (Å²) >= 11 is 1.93. The minimum atomic E-state index is -0.710. The lowest BCUT2D eigenvalue weighted by molar-refractivity contribution is -0.144. The van der Waals surface area contributed by atoms with Gasteiger partial charge < -0.3 is 5.11 Å². The number of hydrogen-bond acceptors (Lipinski definition) is 3. The predicted molar refractivity (Wildman–Crippen MR) is 69.0 cm³/mol. The molecule has 0 bridgehead atoms. The number of hydrogen-bond donors (Lipinski definition) is 2. The molecule has 0 spiro atoms. The molecule has 1 aliphatic rings. The van der Waals surface area contributed by atoms with Gasteiger partial charge in [0.05, 0.1) is 0 Å². The molecule has 1 atom stereocenters. The first-order valence-electron chi connectivity index (χ1n) is 6.17. The maximum atomic E-state index is 11.2. The zero-order valence-corrected chi connectivity index (χ0v) is 11.1. The molecule has 1 fully saturated rings. The molecule has 0 aliphatic heterocycles. The summed E-state index contributed by atoms with van der Waals surface area (Å²) < 4.78 is 0. The maximum Gasteiger partial charge on any atom is 0.323 e. The van der Waals surface area contributed by atoms with Crippen molar-refractivity contribution < 1.29 is 9.90 Å². The molecule has 1 unspecified atom stereocenters. The molecule has 0 aromatic heterocycles. The van der Waals surface area contributed by atoms with E-state index in [2.05, 4.69) is 12.2 Å². The van der Waals surface area contributed by atoms with Crippen molar-refractivity contribution in [1.29, 1.82) is 0 Å². The van der Waals surface area contributed by atoms with Crippen molar-refractivity contribution in [2.75, 3.05) is 11.5 Å². The molecule has 0 heterocycles. The summed E-state index contributed by atoms with van der Waals surface area (Å²) in [5.74, 6) is 1.59. The molecule has 1 rings (SSSR count). The molecular weight excluding hydrogens is 222 g/mol. The van der Waals surface area contributed by atoms with Gasteiger partial charge in [0.15, 0.2) is 0 Å². The molecule has 94 valence electrons. The van der Waals surface area contributed by atoms with E-state index in [1.807, 2.05) is 18.7 Å². The van der Waals surface area contributed by atoms with E-state index in [0.717, 1.165) is 43.6 Å². The van der Waals surface area contributed by atoms with Gasteiger partial charge in [-0.2, -0.15) is 11.8 Å². The summed E-state index contributed by atoms with van der Waals surface area (Å²) in [6.45, 7) is 3.97. The van der Waals surface area contributed by atoms with Crippen LogP contribution in [0.2, 0.25) is 0 Å². The monoisotopic (exact) mass is 245 g/mol. The normalized spacial score (nSPS) is 19.4. The van der Waals surface area contributed by atoms with E-state index in [-0.39, 0.29) is 0 Å². The summed E-state index contributed by atoms with van der Waals surface area (Å²) in [5.41, 5.74) is -0.710. The first-order valence-corrected chi connectivity index (χ1v) is 7.33. The highest BCUT2D eigenvalue weighted by Gasteiger charge is 2.37. The number of unbranched alkanes of at least 4 members (excludes halogenated alkanes) is 1. The van der Waals surface area contributed by atoms with Gasteiger partial charge >= 0.3 is 5.97 Å². The van der Waals surface area contributed by atoms with E-state index < -0.39 is 11.5 Å². The number of carboxylic acid groups (broad SMARTS) is 1. The number of thioether (sulfide) groups is 1. The number of nitrogens with one attached hydrogen (secondary N) is 1. The first kappa shape index (κ1) is 13.8. The molecule has 1 saturated carbocycles. The third kappa shape index (κ3) is 4.74. The zero-order valence-electron chi connectivity index (χ0n) is 10.3. The van der Waals surface area contributed by atoms with Gasteiger partial charge in [0.2, 0.25) is 0 Å². The average molecular weight is 245 g/mol. The summed E-state index contributed by atoms with van der Waals surface area (Å²) in [5, 5.41) is 12.5. The Bertz CT molecular complexity index is 231. The van der Waals surface area contributed by atoms with E-state index in [0.29, 0.717) is 6.04 Å². The number of aliphatic carboxylic acids is 1. The van der Waals surface area contributed by atoms with Crippen LogP contribution in [-0.4, -0.2) is 34.2 Å². The van der Waals surface area contributed by atoms with Crippen LogP contribution < -0.4 is 5.32 Å². The quantitative estimate of drug-likeness (QED) is 0.613. The number of carboxylic acids is 1. The molecule has 3 nitrogen and oxygen atoms in total. The van der Waals surface area contributed by atoms with Crippen molar-refractivity contribution in [2.24, 2.45) is 0 Å². The lowest BCUT2D eigenvalue weighted by Gasteiger charge is -2.26. The Kier molecular flexibility index (Phi) is 5.62. The highest BCUT2D eigenvalue weighted by Crippen LogP contribution is 2.25. The highest BCUT2D eigenvalue weighted by atomic mass is 32.2. The summed E-state index contributed by atoms with van der Waals surface area (Å²) in [6.07, 6.45) is 5.12. The molecule has 0 radical (unpaired) electrons. The molecule has 1 aliphatic carbocycles. The average Bonchev–Trinajstić information content (AvgIpc) is 3.01. The van der Waals surface area contributed by atoms with Crippen LogP contribution in [0.1, 0.15) is 46.0 Å². The van der Waals surface area contributed by atoms with Gasteiger partial charge in [0, 0.05) is 6.04 Å². The molecule has 0 amide bonds. The van der Waals surface area contributed by atoms with Crippen LogP contribution in [0.15, 0.2) is 0 Å². The van der Waals surface area contributed by atoms with Gasteiger partial charge in [0.1, 0.15) is 5.54 Å². The largest absolute Gasteiger partial charge is 0.480 e. The van der Waals surface area contributed by atoms with Crippen LogP contribution >= 0.6 is 11.8 Å². The molecule has 0 saturated heterocycles. The van der Waals surface area contributed by atoms with Crippen molar-refractivity contribution in [1.82, 2.24) is 5.32 Å². The van der Waals surface area contributed by atoms with Crippen LogP contribution in [0.5, 0.6) is 0 Å². The summed E-state index contributed by atoms with van der Waals surface area (Å²) in [7, 11) is 0. The Balaban J connectivity index is 2.23. The molecule has 16 heavy (non-hydrogen) atoms. The highest BCUT2D eigenvalue weighted by molar-refractivity contribution is 7.99. The van der Waals surface area contributed by atoms with Crippen molar-refractivity contribution in [2.45, 2.75) is 57.5 Å². The van der Waals surface area contributed by atoms with Crippen LogP contribution in [0, 0.1) is 0 Å². The number of rotatable bonds is 9. The lowest BCUT2D eigenvalue weighted by Crippen LogP contribution is -2.50. The molecule has 4 heteroatoms. The summed E-state index contributed by atoms with van der Waals surface area (Å²) in [4.78, 5) is 11.2. The van der Waals surface area contributed by atoms with Crippen molar-refractivity contribution >= 4 is 17.7 Å². The van der Waals surface area contributed by atoms with Gasteiger partial charge in [-0.3, -0.25) is 10.1 Å². The Morgan fingerprint density at radius 2 is 2.19 bits per heavy atom. The Morgan fingerprint density at radius 3 is 2.69 bits per heavy atom. The Hall–Kier alpha value is -0.220. The molecular formula is C12H23NO2S. The van der Waals surface area contributed by atoms with Crippen molar-refractivity contribution in [3.05, 3.63) is 0 Å². The van der Waals surface area contributed by atoms with Crippen molar-refractivity contribution in [3.63, 3.8) is 0 Å². The third-order valence-corrected chi connectivity index (χ3v) is 3.98. The molecule has 0 aromatic rings. The fraction of sp³-hybridized carbons (Fsp3) is 0.917. The lowest BCUT2D eigenvalue weighted by atomic mass is 9.95. The van der Waals surface area contributed by atoms with Crippen molar-refractivity contribution in [3.8, 4) is 0 Å². The Labute approximate surface area is 102 Å². The SMILES string of the molecule is CCSCCCCC(C)(NC1CC1)C(=O)O. The second kappa shape index (κ2) is 6.50. The van der Waals surface area contributed by atoms with Gasteiger partial charge in [0.25, 0.3) is 0 Å². The van der Waals surface area contributed by atoms with Gasteiger partial charge in [-0.25, -0.2) is 0 Å². The standard InChI is InChI=1S/C12H23NO2S/c1-3-16-9-5-4-8-12(2,11(14)15)13-10-6-7-10/h10,13H,3-9H2,1-2H3,(H,14,15). The van der Waals surface area contributed by atoms with E-state index in [4.69, 9.17) is 0 Å². The summed E-state index contributed by atoms with van der Waals surface area (Å²) in [6, 6.07) is 0.450. The maximum absolute atomic E-state index is 11.2.